The van der Waals surface area contributed by atoms with Crippen LogP contribution in [0.4, 0.5) is 18.9 Å². The van der Waals surface area contributed by atoms with Gasteiger partial charge >= 0.3 is 5.97 Å². The topological polar surface area (TPSA) is 82.3 Å². The van der Waals surface area contributed by atoms with Gasteiger partial charge in [-0.05, 0) is 65.9 Å². The van der Waals surface area contributed by atoms with Crippen LogP contribution in [0.3, 0.4) is 0 Å². The molecule has 3 aromatic carbocycles. The normalized spacial score (nSPS) is 15.2. The standard InChI is InChI=1S/C32H26ClF3N2O4/c1-42-30(40)13-18-6-8-23-20-14-21(16-22(34)15-20)24(4-2-3-5-29(39)37-27(23)12-18)28-11-7-19(17-38(28)41)31-26(35)10-9-25(33)32(31)36/h6-12,14-17,24H,2-5,13H2,1H3,(H,37,39)/t24-/m0/s1. The van der Waals surface area contributed by atoms with E-state index in [-0.39, 0.29) is 35.0 Å². The average molecular weight is 595 g/mol. The number of rotatable bonds is 4. The Kier molecular flexibility index (Phi) is 8.49. The first-order valence-electron chi connectivity index (χ1n) is 13.3. The summed E-state index contributed by atoms with van der Waals surface area (Å²) in [5.41, 5.74) is 2.41. The lowest BCUT2D eigenvalue weighted by atomic mass is 9.87. The molecule has 0 spiro atoms. The minimum atomic E-state index is -0.975. The average Bonchev–Trinajstić information content (AvgIpc) is 2.95. The van der Waals surface area contributed by atoms with Gasteiger partial charge in [-0.25, -0.2) is 13.2 Å². The van der Waals surface area contributed by atoms with Crippen LogP contribution in [0.2, 0.25) is 5.02 Å². The summed E-state index contributed by atoms with van der Waals surface area (Å²) in [6.07, 6.45) is 2.74. The first-order valence-corrected chi connectivity index (χ1v) is 13.7. The zero-order valence-corrected chi connectivity index (χ0v) is 23.3. The smallest absolute Gasteiger partial charge is 0.309 e. The maximum Gasteiger partial charge on any atom is 0.309 e. The fraction of sp³-hybridized carbons (Fsp3) is 0.219. The number of carbonyl (C=O) groups excluding carboxylic acids is 2. The number of anilines is 1. The summed E-state index contributed by atoms with van der Waals surface area (Å²) in [6, 6.07) is 14.5. The van der Waals surface area contributed by atoms with Gasteiger partial charge in [0.1, 0.15) is 11.6 Å². The number of hydrogen-bond acceptors (Lipinski definition) is 4. The Labute approximate surface area is 245 Å². The van der Waals surface area contributed by atoms with Crippen molar-refractivity contribution in [3.8, 4) is 22.3 Å². The van der Waals surface area contributed by atoms with Crippen molar-refractivity contribution in [2.75, 3.05) is 12.4 Å². The molecule has 4 aromatic rings. The molecule has 1 N–H and O–H groups in total. The number of amides is 1. The number of methoxy groups -OCH3 is 1. The summed E-state index contributed by atoms with van der Waals surface area (Å²) in [6.45, 7) is 0. The van der Waals surface area contributed by atoms with Gasteiger partial charge in [0.05, 0.1) is 35.6 Å². The van der Waals surface area contributed by atoms with Crippen molar-refractivity contribution in [1.29, 1.82) is 0 Å². The van der Waals surface area contributed by atoms with Crippen molar-refractivity contribution in [1.82, 2.24) is 0 Å². The minimum Gasteiger partial charge on any atom is -0.618 e. The molecule has 2 bridgehead atoms. The Morgan fingerprint density at radius 2 is 1.86 bits per heavy atom. The van der Waals surface area contributed by atoms with Gasteiger partial charge in [0.2, 0.25) is 5.91 Å². The van der Waals surface area contributed by atoms with E-state index in [4.69, 9.17) is 16.3 Å². The number of hydrogen-bond donors (Lipinski definition) is 1. The second kappa shape index (κ2) is 12.2. The third kappa shape index (κ3) is 6.11. The molecule has 1 amide bonds. The van der Waals surface area contributed by atoms with Crippen molar-refractivity contribution < 1.29 is 32.2 Å². The van der Waals surface area contributed by atoms with E-state index in [1.165, 1.54) is 31.4 Å². The van der Waals surface area contributed by atoms with Gasteiger partial charge in [-0.2, -0.15) is 4.73 Å². The minimum absolute atomic E-state index is 0.00138. The van der Waals surface area contributed by atoms with Crippen molar-refractivity contribution in [2.24, 2.45) is 0 Å². The SMILES string of the molecule is COC(=O)Cc1ccc2c(c1)NC(=O)CCCC[C@H](c1ccc(-c3c(F)ccc(Cl)c3F)c[n+]1[O-])c1cc(F)cc-2c1. The van der Waals surface area contributed by atoms with Crippen LogP contribution in [-0.4, -0.2) is 19.0 Å². The van der Waals surface area contributed by atoms with Gasteiger partial charge < -0.3 is 15.3 Å². The maximum absolute atomic E-state index is 15.1. The first-order chi connectivity index (χ1) is 20.1. The molecule has 5 rings (SSSR count). The summed E-state index contributed by atoms with van der Waals surface area (Å²) in [4.78, 5) is 24.6. The number of fused-ring (bicyclic) bond motifs is 4. The van der Waals surface area contributed by atoms with Crippen LogP contribution in [0.5, 0.6) is 0 Å². The van der Waals surface area contributed by atoms with Gasteiger partial charge in [-0.3, -0.25) is 9.59 Å². The number of esters is 1. The zero-order valence-electron chi connectivity index (χ0n) is 22.6. The quantitative estimate of drug-likeness (QED) is 0.118. The van der Waals surface area contributed by atoms with E-state index in [0.29, 0.717) is 51.9 Å². The van der Waals surface area contributed by atoms with Crippen molar-refractivity contribution in [2.45, 2.75) is 38.0 Å². The predicted octanol–water partition coefficient (Wildman–Crippen LogP) is 7.08. The Bertz CT molecular complexity index is 1700. The monoisotopic (exact) mass is 594 g/mol. The number of nitrogens with zero attached hydrogens (tertiary/aromatic N) is 1. The molecule has 42 heavy (non-hydrogen) atoms. The molecule has 2 heterocycles. The summed E-state index contributed by atoms with van der Waals surface area (Å²) >= 11 is 5.84. The number of carbonyl (C=O) groups is 2. The van der Waals surface area contributed by atoms with Crippen LogP contribution in [0, 0.1) is 22.7 Å². The Morgan fingerprint density at radius 3 is 2.62 bits per heavy atom. The fourth-order valence-electron chi connectivity index (χ4n) is 5.30. The van der Waals surface area contributed by atoms with E-state index in [9.17, 15) is 23.6 Å². The molecule has 0 aliphatic carbocycles. The third-order valence-corrected chi connectivity index (χ3v) is 7.64. The van der Waals surface area contributed by atoms with E-state index in [2.05, 4.69) is 5.32 Å². The maximum atomic E-state index is 15.1. The Balaban J connectivity index is 1.60. The van der Waals surface area contributed by atoms with Gasteiger partial charge in [0, 0.05) is 23.7 Å². The van der Waals surface area contributed by atoms with Crippen LogP contribution >= 0.6 is 11.6 Å². The summed E-state index contributed by atoms with van der Waals surface area (Å²) in [5, 5.41) is 15.9. The van der Waals surface area contributed by atoms with Gasteiger partial charge in [-0.1, -0.05) is 36.2 Å². The fourth-order valence-corrected chi connectivity index (χ4v) is 5.46. The predicted molar refractivity (Wildman–Crippen MR) is 152 cm³/mol. The number of benzene rings is 3. The molecule has 6 nitrogen and oxygen atoms in total. The van der Waals surface area contributed by atoms with Gasteiger partial charge in [-0.15, -0.1) is 0 Å². The van der Waals surface area contributed by atoms with E-state index < -0.39 is 34.9 Å². The lowest BCUT2D eigenvalue weighted by molar-refractivity contribution is -0.614. The van der Waals surface area contributed by atoms with Crippen LogP contribution in [0.15, 0.2) is 66.9 Å². The van der Waals surface area contributed by atoms with Crippen molar-refractivity contribution in [3.63, 3.8) is 0 Å². The molecular formula is C32H26ClF3N2O4. The molecule has 216 valence electrons. The molecule has 0 saturated carbocycles. The van der Waals surface area contributed by atoms with Gasteiger partial charge in [0.15, 0.2) is 17.7 Å². The van der Waals surface area contributed by atoms with Crippen LogP contribution in [0.1, 0.15) is 48.4 Å². The van der Waals surface area contributed by atoms with Gasteiger partial charge in [0.25, 0.3) is 0 Å². The highest BCUT2D eigenvalue weighted by Crippen LogP contribution is 2.37. The first kappa shape index (κ1) is 29.1. The van der Waals surface area contributed by atoms with E-state index in [0.717, 1.165) is 18.3 Å². The number of aromatic nitrogens is 1. The highest BCUT2D eigenvalue weighted by atomic mass is 35.5. The lowest BCUT2D eigenvalue weighted by Gasteiger charge is -2.21. The highest BCUT2D eigenvalue weighted by Gasteiger charge is 2.26. The molecule has 1 aliphatic rings. The molecule has 0 saturated heterocycles. The Morgan fingerprint density at radius 1 is 1.05 bits per heavy atom. The molecule has 0 radical (unpaired) electrons. The van der Waals surface area contributed by atoms with Crippen molar-refractivity contribution in [3.05, 3.63) is 111 Å². The zero-order chi connectivity index (χ0) is 30.0. The third-order valence-electron chi connectivity index (χ3n) is 7.35. The largest absolute Gasteiger partial charge is 0.618 e. The number of nitrogens with one attached hydrogen (secondary N) is 1. The van der Waals surface area contributed by atoms with Crippen molar-refractivity contribution >= 4 is 29.2 Å². The second-order valence-corrected chi connectivity index (χ2v) is 10.5. The van der Waals surface area contributed by atoms with Crippen LogP contribution < -0.4 is 10.0 Å². The molecule has 0 unspecified atom stereocenters. The summed E-state index contributed by atoms with van der Waals surface area (Å²) in [5.74, 6) is -3.65. The summed E-state index contributed by atoms with van der Waals surface area (Å²) < 4.78 is 49.6. The molecule has 0 fully saturated rings. The van der Waals surface area contributed by atoms with Crippen LogP contribution in [0.25, 0.3) is 22.3 Å². The highest BCUT2D eigenvalue weighted by molar-refractivity contribution is 6.31. The second-order valence-electron chi connectivity index (χ2n) is 10.1. The van der Waals surface area contributed by atoms with Crippen LogP contribution in [-0.2, 0) is 20.7 Å². The molecule has 1 atom stereocenters. The molecule has 1 aromatic heterocycles. The number of pyridine rings is 1. The van der Waals surface area contributed by atoms with E-state index in [1.54, 1.807) is 24.3 Å². The van der Waals surface area contributed by atoms with E-state index >= 15 is 4.39 Å². The summed E-state index contributed by atoms with van der Waals surface area (Å²) in [7, 11) is 1.29. The number of halogens is 4. The Hall–Kier alpha value is -4.37. The number of ether oxygens (including phenoxy) is 1. The van der Waals surface area contributed by atoms with E-state index in [1.807, 2.05) is 0 Å². The molecule has 1 aliphatic heterocycles. The molecular weight excluding hydrogens is 569 g/mol. The lowest BCUT2D eigenvalue weighted by Crippen LogP contribution is -2.34. The molecule has 10 heteroatoms.